The van der Waals surface area contributed by atoms with E-state index >= 15 is 0 Å². The van der Waals surface area contributed by atoms with E-state index in [2.05, 4.69) is 18.7 Å². The van der Waals surface area contributed by atoms with Crippen LogP contribution in [0.25, 0.3) is 0 Å². The monoisotopic (exact) mass is 185 g/mol. The SMILES string of the molecule is Cc1cccc(C#N)c1S.Cl. The van der Waals surface area contributed by atoms with E-state index in [-0.39, 0.29) is 12.4 Å². The molecule has 0 aliphatic heterocycles. The lowest BCUT2D eigenvalue weighted by atomic mass is 10.1. The number of rotatable bonds is 0. The van der Waals surface area contributed by atoms with E-state index < -0.39 is 0 Å². The minimum absolute atomic E-state index is 0. The molecule has 3 heteroatoms. The Morgan fingerprint density at radius 1 is 1.45 bits per heavy atom. The fraction of sp³-hybridized carbons (Fsp3) is 0.125. The predicted molar refractivity (Wildman–Crippen MR) is 50.4 cm³/mol. The third-order valence-corrected chi connectivity index (χ3v) is 1.95. The summed E-state index contributed by atoms with van der Waals surface area (Å²) in [6, 6.07) is 7.61. The molecule has 0 saturated carbocycles. The second-order valence-corrected chi connectivity index (χ2v) is 2.53. The van der Waals surface area contributed by atoms with Crippen molar-refractivity contribution in [3.8, 4) is 6.07 Å². The summed E-state index contributed by atoms with van der Waals surface area (Å²) in [5.74, 6) is 0. The molecule has 0 fully saturated rings. The Morgan fingerprint density at radius 3 is 2.55 bits per heavy atom. The van der Waals surface area contributed by atoms with Gasteiger partial charge in [-0.15, -0.1) is 25.0 Å². The molecule has 1 rings (SSSR count). The highest BCUT2D eigenvalue weighted by Crippen LogP contribution is 2.16. The molecule has 0 radical (unpaired) electrons. The molecule has 1 aromatic rings. The van der Waals surface area contributed by atoms with Crippen LogP contribution < -0.4 is 0 Å². The lowest BCUT2D eigenvalue weighted by Gasteiger charge is -1.97. The zero-order valence-electron chi connectivity index (χ0n) is 6.03. The number of aryl methyl sites for hydroxylation is 1. The Labute approximate surface area is 77.9 Å². The summed E-state index contributed by atoms with van der Waals surface area (Å²) in [5, 5.41) is 8.54. The van der Waals surface area contributed by atoms with Gasteiger partial charge in [0.15, 0.2) is 0 Å². The van der Waals surface area contributed by atoms with Crippen LogP contribution >= 0.6 is 25.0 Å². The van der Waals surface area contributed by atoms with Crippen LogP contribution in [0.4, 0.5) is 0 Å². The highest BCUT2D eigenvalue weighted by molar-refractivity contribution is 7.80. The van der Waals surface area contributed by atoms with Crippen molar-refractivity contribution < 1.29 is 0 Å². The molecule has 0 heterocycles. The van der Waals surface area contributed by atoms with Crippen molar-refractivity contribution in [1.82, 2.24) is 0 Å². The van der Waals surface area contributed by atoms with Gasteiger partial charge in [0.05, 0.1) is 5.56 Å². The smallest absolute Gasteiger partial charge is 0.100 e. The van der Waals surface area contributed by atoms with E-state index in [1.165, 1.54) is 0 Å². The maximum absolute atomic E-state index is 8.54. The quantitative estimate of drug-likeness (QED) is 0.618. The van der Waals surface area contributed by atoms with Crippen molar-refractivity contribution in [3.05, 3.63) is 29.3 Å². The molecule has 0 saturated heterocycles. The molecular formula is C8H8ClNS. The third-order valence-electron chi connectivity index (χ3n) is 1.36. The van der Waals surface area contributed by atoms with Gasteiger partial charge in [0.25, 0.3) is 0 Å². The first kappa shape index (κ1) is 10.3. The first-order chi connectivity index (χ1) is 4.75. The van der Waals surface area contributed by atoms with E-state index in [4.69, 9.17) is 5.26 Å². The number of benzene rings is 1. The maximum Gasteiger partial charge on any atom is 0.100 e. The number of halogens is 1. The van der Waals surface area contributed by atoms with Gasteiger partial charge in [0, 0.05) is 4.90 Å². The van der Waals surface area contributed by atoms with Crippen molar-refractivity contribution in [3.63, 3.8) is 0 Å². The van der Waals surface area contributed by atoms with Gasteiger partial charge in [-0.1, -0.05) is 12.1 Å². The number of nitriles is 1. The Hall–Kier alpha value is -0.650. The van der Waals surface area contributed by atoms with Crippen LogP contribution in [0.2, 0.25) is 0 Å². The predicted octanol–water partition coefficient (Wildman–Crippen LogP) is 2.58. The molecule has 0 bridgehead atoms. The van der Waals surface area contributed by atoms with Gasteiger partial charge in [-0.05, 0) is 18.6 Å². The first-order valence-electron chi connectivity index (χ1n) is 2.94. The average Bonchev–Trinajstić information content (AvgIpc) is 1.95. The minimum Gasteiger partial charge on any atom is -0.192 e. The zero-order valence-corrected chi connectivity index (χ0v) is 7.75. The van der Waals surface area contributed by atoms with Crippen molar-refractivity contribution in [2.24, 2.45) is 0 Å². The van der Waals surface area contributed by atoms with Crippen LogP contribution in [-0.4, -0.2) is 0 Å². The summed E-state index contributed by atoms with van der Waals surface area (Å²) in [7, 11) is 0. The first-order valence-corrected chi connectivity index (χ1v) is 3.39. The van der Waals surface area contributed by atoms with Crippen LogP contribution in [-0.2, 0) is 0 Å². The number of nitrogens with zero attached hydrogens (tertiary/aromatic N) is 1. The molecule has 0 aromatic heterocycles. The summed E-state index contributed by atoms with van der Waals surface area (Å²) >= 11 is 4.17. The third kappa shape index (κ3) is 2.14. The summed E-state index contributed by atoms with van der Waals surface area (Å²) < 4.78 is 0. The molecule has 58 valence electrons. The van der Waals surface area contributed by atoms with Crippen LogP contribution in [0.1, 0.15) is 11.1 Å². The van der Waals surface area contributed by atoms with Gasteiger partial charge >= 0.3 is 0 Å². The van der Waals surface area contributed by atoms with Gasteiger partial charge in [-0.2, -0.15) is 5.26 Å². The summed E-state index contributed by atoms with van der Waals surface area (Å²) in [6.45, 7) is 1.93. The molecule has 0 atom stereocenters. The average molecular weight is 186 g/mol. The Morgan fingerprint density at radius 2 is 2.09 bits per heavy atom. The molecule has 0 aliphatic carbocycles. The van der Waals surface area contributed by atoms with Crippen molar-refractivity contribution in [2.45, 2.75) is 11.8 Å². The second kappa shape index (κ2) is 4.27. The van der Waals surface area contributed by atoms with Crippen LogP contribution in [0, 0.1) is 18.3 Å². The fourth-order valence-electron chi connectivity index (χ4n) is 0.749. The molecule has 1 aromatic carbocycles. The lowest BCUT2D eigenvalue weighted by Crippen LogP contribution is -1.80. The topological polar surface area (TPSA) is 23.8 Å². The number of hydrogen-bond donors (Lipinski definition) is 1. The standard InChI is InChI=1S/C8H7NS.ClH/c1-6-3-2-4-7(5-9)8(6)10;/h2-4,10H,1H3;1H. The Kier molecular flexibility index (Phi) is 4.02. The van der Waals surface area contributed by atoms with Gasteiger partial charge < -0.3 is 0 Å². The molecule has 0 unspecified atom stereocenters. The minimum atomic E-state index is 0. The van der Waals surface area contributed by atoms with Crippen LogP contribution in [0.15, 0.2) is 23.1 Å². The van der Waals surface area contributed by atoms with E-state index in [0.717, 1.165) is 10.5 Å². The molecule has 0 spiro atoms. The Bertz CT molecular complexity index is 291. The molecule has 0 amide bonds. The van der Waals surface area contributed by atoms with E-state index in [9.17, 15) is 0 Å². The highest BCUT2D eigenvalue weighted by atomic mass is 35.5. The molecule has 0 aliphatic rings. The molecular weight excluding hydrogens is 178 g/mol. The van der Waals surface area contributed by atoms with Gasteiger partial charge in [-0.25, -0.2) is 0 Å². The number of hydrogen-bond acceptors (Lipinski definition) is 2. The van der Waals surface area contributed by atoms with E-state index in [0.29, 0.717) is 5.56 Å². The van der Waals surface area contributed by atoms with E-state index in [1.807, 2.05) is 19.1 Å². The van der Waals surface area contributed by atoms with Crippen molar-refractivity contribution in [2.75, 3.05) is 0 Å². The normalized spacial score (nSPS) is 8.09. The van der Waals surface area contributed by atoms with Crippen LogP contribution in [0.3, 0.4) is 0 Å². The molecule has 11 heavy (non-hydrogen) atoms. The highest BCUT2D eigenvalue weighted by Gasteiger charge is 1.97. The maximum atomic E-state index is 8.54. The summed E-state index contributed by atoms with van der Waals surface area (Å²) in [6.07, 6.45) is 0. The zero-order chi connectivity index (χ0) is 7.56. The summed E-state index contributed by atoms with van der Waals surface area (Å²) in [5.41, 5.74) is 1.69. The molecule has 1 nitrogen and oxygen atoms in total. The van der Waals surface area contributed by atoms with Crippen molar-refractivity contribution >= 4 is 25.0 Å². The van der Waals surface area contributed by atoms with Gasteiger partial charge in [-0.3, -0.25) is 0 Å². The molecule has 0 N–H and O–H groups in total. The summed E-state index contributed by atoms with van der Waals surface area (Å²) in [4.78, 5) is 0.782. The van der Waals surface area contributed by atoms with Gasteiger partial charge in [0.2, 0.25) is 0 Å². The fourth-order valence-corrected chi connectivity index (χ4v) is 0.948. The lowest BCUT2D eigenvalue weighted by molar-refractivity contribution is 1.27. The van der Waals surface area contributed by atoms with Crippen molar-refractivity contribution in [1.29, 1.82) is 5.26 Å². The number of thiol groups is 1. The van der Waals surface area contributed by atoms with Crippen LogP contribution in [0.5, 0.6) is 0 Å². The van der Waals surface area contributed by atoms with Gasteiger partial charge in [0.1, 0.15) is 6.07 Å². The Balaban J connectivity index is 0.000001000. The van der Waals surface area contributed by atoms with E-state index in [1.54, 1.807) is 6.07 Å². The largest absolute Gasteiger partial charge is 0.192 e. The second-order valence-electron chi connectivity index (χ2n) is 2.08.